The fraction of sp³-hybridized carbons (Fsp3) is 0.238. The minimum atomic E-state index is -0.0979. The number of benzene rings is 1. The Morgan fingerprint density at radius 2 is 1.93 bits per heavy atom. The first-order valence-electron chi connectivity index (χ1n) is 8.99. The maximum atomic E-state index is 13.2. The van der Waals surface area contributed by atoms with Crippen LogP contribution in [0.2, 0.25) is 0 Å². The summed E-state index contributed by atoms with van der Waals surface area (Å²) in [7, 11) is 0. The van der Waals surface area contributed by atoms with Crippen molar-refractivity contribution in [3.63, 3.8) is 0 Å². The molecule has 0 aliphatic carbocycles. The van der Waals surface area contributed by atoms with Crippen LogP contribution in [0.1, 0.15) is 41.0 Å². The molecule has 0 aliphatic heterocycles. The molecule has 136 valence electrons. The number of nitrogens with zero attached hydrogens (tertiary/aromatic N) is 4. The number of imidazole rings is 1. The van der Waals surface area contributed by atoms with Crippen LogP contribution in [0.15, 0.2) is 47.2 Å². The van der Waals surface area contributed by atoms with Crippen molar-refractivity contribution in [3.8, 4) is 11.1 Å². The number of aryl methyl sites for hydroxylation is 3. The second-order valence-corrected chi connectivity index (χ2v) is 6.56. The van der Waals surface area contributed by atoms with Crippen LogP contribution in [0.25, 0.3) is 22.2 Å². The van der Waals surface area contributed by atoms with Crippen LogP contribution in [0.3, 0.4) is 0 Å². The average molecular weight is 360 g/mol. The van der Waals surface area contributed by atoms with Crippen molar-refractivity contribution in [3.05, 3.63) is 65.6 Å². The summed E-state index contributed by atoms with van der Waals surface area (Å²) in [5, 5.41) is 4.04. The molecule has 0 saturated heterocycles. The number of carbonyl (C=O) groups is 1. The predicted molar refractivity (Wildman–Crippen MR) is 103 cm³/mol. The van der Waals surface area contributed by atoms with Gasteiger partial charge in [-0.3, -0.25) is 14.3 Å². The zero-order chi connectivity index (χ0) is 19.0. The molecule has 3 aromatic heterocycles. The molecule has 6 nitrogen and oxygen atoms in total. The summed E-state index contributed by atoms with van der Waals surface area (Å²) in [5.41, 5.74) is 4.93. The first-order valence-corrected chi connectivity index (χ1v) is 8.99. The van der Waals surface area contributed by atoms with Crippen LogP contribution in [-0.4, -0.2) is 25.6 Å². The maximum absolute atomic E-state index is 13.2. The minimum absolute atomic E-state index is 0.0979. The largest absolute Gasteiger partial charge is 0.361 e. The number of hydrogen-bond acceptors (Lipinski definition) is 5. The van der Waals surface area contributed by atoms with Gasteiger partial charge in [0.2, 0.25) is 0 Å². The van der Waals surface area contributed by atoms with E-state index in [0.717, 1.165) is 52.3 Å². The fourth-order valence-corrected chi connectivity index (χ4v) is 3.42. The molecular weight excluding hydrogens is 340 g/mol. The molecule has 0 bridgehead atoms. The lowest BCUT2D eigenvalue weighted by atomic mass is 10.0. The summed E-state index contributed by atoms with van der Waals surface area (Å²) in [5.74, 6) is 1.43. The maximum Gasteiger partial charge on any atom is 0.263 e. The molecule has 4 rings (SSSR count). The fourth-order valence-electron chi connectivity index (χ4n) is 3.42. The van der Waals surface area contributed by atoms with Gasteiger partial charge in [0.25, 0.3) is 5.91 Å². The first-order chi connectivity index (χ1) is 13.1. The highest BCUT2D eigenvalue weighted by atomic mass is 16.5. The number of aromatic nitrogens is 4. The molecule has 3 heterocycles. The number of hydrogen-bond donors (Lipinski definition) is 0. The van der Waals surface area contributed by atoms with Crippen molar-refractivity contribution in [1.29, 1.82) is 0 Å². The summed E-state index contributed by atoms with van der Waals surface area (Å²) in [6.07, 6.45) is 4.89. The highest BCUT2D eigenvalue weighted by Gasteiger charge is 2.20. The molecule has 0 saturated carbocycles. The summed E-state index contributed by atoms with van der Waals surface area (Å²) < 4.78 is 7.02. The standard InChI is InChI=1S/C21H20N4O2/c1-4-5-19-23-17-7-6-16(20-13(2)24-27-14(20)3)12-18(17)25(19)21(26)15-8-10-22-11-9-15/h6-12H,4-5H2,1-3H3. The molecule has 0 unspecified atom stereocenters. The molecule has 0 N–H and O–H groups in total. The summed E-state index contributed by atoms with van der Waals surface area (Å²) in [4.78, 5) is 21.9. The summed E-state index contributed by atoms with van der Waals surface area (Å²) in [6, 6.07) is 9.39. The van der Waals surface area contributed by atoms with Gasteiger partial charge in [-0.15, -0.1) is 0 Å². The van der Waals surface area contributed by atoms with Gasteiger partial charge in [-0.05, 0) is 50.1 Å². The van der Waals surface area contributed by atoms with E-state index in [-0.39, 0.29) is 5.91 Å². The monoisotopic (exact) mass is 360 g/mol. The Morgan fingerprint density at radius 3 is 2.59 bits per heavy atom. The summed E-state index contributed by atoms with van der Waals surface area (Å²) >= 11 is 0. The van der Waals surface area contributed by atoms with Gasteiger partial charge in [-0.2, -0.15) is 0 Å². The predicted octanol–water partition coefficient (Wildman–Crippen LogP) is 4.34. The Balaban J connectivity index is 1.94. The first kappa shape index (κ1) is 17.1. The van der Waals surface area contributed by atoms with Gasteiger partial charge in [0.05, 0.1) is 16.7 Å². The normalized spacial score (nSPS) is 11.2. The minimum Gasteiger partial charge on any atom is -0.361 e. The van der Waals surface area contributed by atoms with Gasteiger partial charge in [0.1, 0.15) is 11.6 Å². The Labute approximate surface area is 156 Å². The lowest BCUT2D eigenvalue weighted by Gasteiger charge is -2.08. The van der Waals surface area contributed by atoms with Gasteiger partial charge in [0, 0.05) is 29.9 Å². The topological polar surface area (TPSA) is 73.8 Å². The number of pyridine rings is 1. The van der Waals surface area contributed by atoms with Gasteiger partial charge < -0.3 is 4.52 Å². The molecule has 0 radical (unpaired) electrons. The quantitative estimate of drug-likeness (QED) is 0.541. The Hall–Kier alpha value is -3.28. The van der Waals surface area contributed by atoms with E-state index in [1.165, 1.54) is 0 Å². The number of rotatable bonds is 4. The molecule has 0 spiro atoms. The third kappa shape index (κ3) is 2.93. The molecular formula is C21H20N4O2. The number of carbonyl (C=O) groups excluding carboxylic acids is 1. The van der Waals surface area contributed by atoms with Crippen molar-refractivity contribution in [2.24, 2.45) is 0 Å². The third-order valence-corrected chi connectivity index (χ3v) is 4.65. The van der Waals surface area contributed by atoms with Gasteiger partial charge in [0.15, 0.2) is 0 Å². The highest BCUT2D eigenvalue weighted by Crippen LogP contribution is 2.30. The second kappa shape index (κ2) is 6.79. The second-order valence-electron chi connectivity index (χ2n) is 6.56. The van der Waals surface area contributed by atoms with Crippen LogP contribution in [-0.2, 0) is 6.42 Å². The van der Waals surface area contributed by atoms with E-state index in [4.69, 9.17) is 9.51 Å². The van der Waals surface area contributed by atoms with Gasteiger partial charge >= 0.3 is 0 Å². The molecule has 0 atom stereocenters. The zero-order valence-electron chi connectivity index (χ0n) is 15.6. The van der Waals surface area contributed by atoms with Crippen LogP contribution >= 0.6 is 0 Å². The lowest BCUT2D eigenvalue weighted by molar-refractivity contribution is 0.0961. The van der Waals surface area contributed by atoms with E-state index in [1.54, 1.807) is 29.1 Å². The van der Waals surface area contributed by atoms with Crippen molar-refractivity contribution >= 4 is 16.9 Å². The molecule has 27 heavy (non-hydrogen) atoms. The Bertz CT molecular complexity index is 1110. The van der Waals surface area contributed by atoms with Crippen molar-refractivity contribution in [1.82, 2.24) is 19.7 Å². The third-order valence-electron chi connectivity index (χ3n) is 4.65. The van der Waals surface area contributed by atoms with E-state index in [1.807, 2.05) is 32.0 Å². The van der Waals surface area contributed by atoms with Crippen molar-refractivity contribution in [2.45, 2.75) is 33.6 Å². The van der Waals surface area contributed by atoms with Gasteiger partial charge in [-0.25, -0.2) is 4.98 Å². The molecule has 4 aromatic rings. The van der Waals surface area contributed by atoms with E-state index in [9.17, 15) is 4.79 Å². The average Bonchev–Trinajstić information content (AvgIpc) is 3.21. The van der Waals surface area contributed by atoms with E-state index >= 15 is 0 Å². The van der Waals surface area contributed by atoms with Crippen LogP contribution in [0.4, 0.5) is 0 Å². The molecule has 6 heteroatoms. The van der Waals surface area contributed by atoms with Crippen molar-refractivity contribution < 1.29 is 9.32 Å². The summed E-state index contributed by atoms with van der Waals surface area (Å²) in [6.45, 7) is 5.88. The Kier molecular flexibility index (Phi) is 4.32. The van der Waals surface area contributed by atoms with Gasteiger partial charge in [-0.1, -0.05) is 18.1 Å². The Morgan fingerprint density at radius 1 is 1.15 bits per heavy atom. The van der Waals surface area contributed by atoms with Crippen molar-refractivity contribution in [2.75, 3.05) is 0 Å². The molecule has 0 fully saturated rings. The SMILES string of the molecule is CCCc1nc2ccc(-c3c(C)noc3C)cc2n1C(=O)c1ccncc1. The molecule has 0 amide bonds. The highest BCUT2D eigenvalue weighted by molar-refractivity contribution is 6.02. The van der Waals surface area contributed by atoms with Crippen LogP contribution in [0.5, 0.6) is 0 Å². The smallest absolute Gasteiger partial charge is 0.263 e. The number of fused-ring (bicyclic) bond motifs is 1. The molecule has 0 aliphatic rings. The molecule has 1 aromatic carbocycles. The van der Waals surface area contributed by atoms with Crippen LogP contribution < -0.4 is 0 Å². The lowest BCUT2D eigenvalue weighted by Crippen LogP contribution is -2.15. The van der Waals surface area contributed by atoms with E-state index in [0.29, 0.717) is 5.56 Å². The zero-order valence-corrected chi connectivity index (χ0v) is 15.6. The van der Waals surface area contributed by atoms with E-state index in [2.05, 4.69) is 17.1 Å². The van der Waals surface area contributed by atoms with Crippen LogP contribution in [0, 0.1) is 13.8 Å². The van der Waals surface area contributed by atoms with E-state index < -0.39 is 0 Å².